The third-order valence-electron chi connectivity index (χ3n) is 18.0. The molecule has 2 aliphatic carbocycles. The summed E-state index contributed by atoms with van der Waals surface area (Å²) in [6, 6.07) is 2.05. The van der Waals surface area contributed by atoms with E-state index in [0.717, 1.165) is 60.7 Å². The molecule has 2 fully saturated rings. The van der Waals surface area contributed by atoms with Crippen molar-refractivity contribution >= 4 is 61.5 Å². The first-order chi connectivity index (χ1) is 46.4. The topological polar surface area (TPSA) is 18.5 Å². The van der Waals surface area contributed by atoms with E-state index in [0.29, 0.717) is 0 Å². The molecule has 5 aromatic rings. The van der Waals surface area contributed by atoms with Gasteiger partial charge in [-0.1, -0.05) is 148 Å². The standard InChI is InChI=1S/C26H12B2F15.2C11H26Si2.2C6F5.2C4H10O.2Zr/c29-12-9(13(30)19(36)24(41)18(12)35)28(8-4-3-7-27-5-1-2-6-27,10-14(31)20(37)25(42)21(38)15(10)32)11-16(33)22(39)26(43)23(40)17(11)34;2*1-12(2,3)10-7-8-11(9-10)13(4,5)6;2*7-2-1-3(8)5(10)6(11)4(2)9;2*1-3-5-4-2;;/h1-2,5-6H,3-4,7-8H2;2*10-11H,7-9H2,1-6H3;;;2*3-4H2,1-2H3;;/q-1;;;2*-1;;;+2;+4. The van der Waals surface area contributed by atoms with Crippen LogP contribution in [0.4, 0.5) is 110 Å². The molecule has 0 radical (unpaired) electrons. The predicted octanol–water partition coefficient (Wildman–Crippen LogP) is 22.3. The van der Waals surface area contributed by atoms with Gasteiger partial charge in [0.05, 0.1) is 58.2 Å². The van der Waals surface area contributed by atoms with Crippen LogP contribution in [0.25, 0.3) is 0 Å². The van der Waals surface area contributed by atoms with Crippen molar-refractivity contribution in [1.82, 2.24) is 0 Å². The van der Waals surface area contributed by atoms with Gasteiger partial charge in [0.1, 0.15) is 41.0 Å². The SMILES string of the molecule is CCOCC.CCOCC.C[Si](C)(C)C1CCC([Si](C)(C)C)C1.C[Si](C)(C)C1CCC([Si](C)(C)C)C1.Fc1[c-]c(F)c(F)c(F)c1F.Fc1[c-]c(F)c(F)c(F)c1F.Fc1c(F)c(F)c([B-](CCCCB2C=CC=C2)(c2c(F)c(F)c(F)c(F)c2F)c2c(F)c(F)c(F)c(F)c2F)c(F)c1F.[Zr+2].[Zr+4]. The molecule has 1 heterocycles. The van der Waals surface area contributed by atoms with Gasteiger partial charge < -0.3 is 9.47 Å². The Morgan fingerprint density at radius 3 is 0.699 bits per heavy atom. The zero-order valence-electron chi connectivity index (χ0n) is 59.9. The molecule has 2 nitrogen and oxygen atoms in total. The Kier molecular flexibility index (Phi) is 41.6. The zero-order valence-corrected chi connectivity index (χ0v) is 68.9. The number of ether oxygens (including phenoxy) is 2. The van der Waals surface area contributed by atoms with Crippen LogP contribution in [0.1, 0.15) is 79.1 Å². The second-order valence-electron chi connectivity index (χ2n) is 28.5. The summed E-state index contributed by atoms with van der Waals surface area (Å²) >= 11 is 0. The van der Waals surface area contributed by atoms with Crippen LogP contribution in [0.3, 0.4) is 0 Å². The van der Waals surface area contributed by atoms with E-state index in [1.54, 1.807) is 62.6 Å². The summed E-state index contributed by atoms with van der Waals surface area (Å²) in [5, 5.41) is 0. The smallest absolute Gasteiger partial charge is 0.382 e. The molecule has 570 valence electrons. The van der Waals surface area contributed by atoms with E-state index >= 15 is 26.3 Å². The van der Waals surface area contributed by atoms with Crippen LogP contribution < -0.4 is 16.4 Å². The van der Waals surface area contributed by atoms with E-state index in [1.165, 1.54) is 0 Å². The van der Waals surface area contributed by atoms with E-state index in [9.17, 15) is 83.4 Å². The third kappa shape index (κ3) is 26.1. The molecule has 0 saturated heterocycles. The van der Waals surface area contributed by atoms with Gasteiger partial charge in [0.25, 0.3) is 0 Å². The Hall–Kier alpha value is -3.49. The Labute approximate surface area is 629 Å². The molecule has 4 unspecified atom stereocenters. The number of hydrogen-bond acceptors (Lipinski definition) is 2. The monoisotopic (exact) mass is 1720 g/mol. The first kappa shape index (κ1) is 99.5. The van der Waals surface area contributed by atoms with E-state index in [4.69, 9.17) is 9.47 Å². The van der Waals surface area contributed by atoms with Crippen LogP contribution in [0.2, 0.25) is 113 Å². The summed E-state index contributed by atoms with van der Waals surface area (Å²) in [7, 11) is -3.29. The molecule has 0 aromatic heterocycles. The first-order valence-corrected chi connectivity index (χ1v) is 46.8. The van der Waals surface area contributed by atoms with Crippen LogP contribution in [-0.2, 0) is 61.9 Å². The van der Waals surface area contributed by atoms with Gasteiger partial charge in [-0.2, -0.15) is 6.32 Å². The predicted molar refractivity (Wildman–Crippen MR) is 357 cm³/mol. The van der Waals surface area contributed by atoms with Gasteiger partial charge >= 0.3 is 52.4 Å². The molecule has 8 rings (SSSR count). The van der Waals surface area contributed by atoms with Crippen molar-refractivity contribution in [2.75, 3.05) is 26.4 Å². The van der Waals surface area contributed by atoms with E-state index in [1.807, 2.05) is 27.7 Å². The molecule has 4 atom stereocenters. The Balaban J connectivity index is 0.00000140. The average Bonchev–Trinajstić information content (AvgIpc) is 1.20. The number of rotatable bonds is 16. The molecule has 0 amide bonds. The van der Waals surface area contributed by atoms with Gasteiger partial charge in [-0.25, -0.2) is 92.2 Å². The number of benzene rings is 5. The average molecular weight is 1720 g/mol. The molecule has 5 aromatic carbocycles. The van der Waals surface area contributed by atoms with Crippen molar-refractivity contribution in [1.29, 1.82) is 0 Å². The Morgan fingerprint density at radius 2 is 0.524 bits per heavy atom. The number of allylic oxidation sites excluding steroid dienone is 2. The molecule has 0 spiro atoms. The molecule has 2 saturated carbocycles. The fourth-order valence-corrected chi connectivity index (χ4v) is 20.6. The zero-order chi connectivity index (χ0) is 78.1. The van der Waals surface area contributed by atoms with Crippen molar-refractivity contribution in [3.8, 4) is 0 Å². The maximum Gasteiger partial charge on any atom is 4.00 e. The van der Waals surface area contributed by atoms with Gasteiger partial charge in [0.2, 0.25) is 0 Å². The van der Waals surface area contributed by atoms with E-state index < -0.39 is 213 Å². The molecule has 3 aliphatic rings. The van der Waals surface area contributed by atoms with Crippen LogP contribution in [-0.4, -0.2) is 71.6 Å². The Morgan fingerprint density at radius 1 is 0.330 bits per heavy atom. The summed E-state index contributed by atoms with van der Waals surface area (Å²) in [4.78, 5) is 0. The number of hydrogen-bond donors (Lipinski definition) is 0. The van der Waals surface area contributed by atoms with Gasteiger partial charge in [-0.15, -0.1) is 40.5 Å². The van der Waals surface area contributed by atoms with Crippen LogP contribution in [0.5, 0.6) is 0 Å². The fourth-order valence-electron chi connectivity index (χ4n) is 12.0. The minimum absolute atomic E-state index is 0. The van der Waals surface area contributed by atoms with Crippen LogP contribution in [0, 0.1) is 158 Å². The fraction of sp³-hybridized carbons (Fsp3) is 0.500. The van der Waals surface area contributed by atoms with E-state index in [-0.39, 0.29) is 71.9 Å². The second-order valence-corrected chi connectivity index (χ2v) is 50.7. The summed E-state index contributed by atoms with van der Waals surface area (Å²) in [6.07, 6.45) is 4.34. The second kappa shape index (κ2) is 43.0. The third-order valence-corrected chi connectivity index (χ3v) is 29.9. The summed E-state index contributed by atoms with van der Waals surface area (Å²) in [5.41, 5.74) is -3.18. The van der Waals surface area contributed by atoms with Crippen molar-refractivity contribution < 1.29 is 172 Å². The normalized spacial score (nSPS) is 16.3. The van der Waals surface area contributed by atoms with Gasteiger partial charge in [-0.3, -0.25) is 17.6 Å². The van der Waals surface area contributed by atoms with Crippen LogP contribution >= 0.6 is 0 Å². The minimum Gasteiger partial charge on any atom is -0.382 e. The van der Waals surface area contributed by atoms with Gasteiger partial charge in [0.15, 0.2) is 59.1 Å². The van der Waals surface area contributed by atoms with Crippen LogP contribution in [0.15, 0.2) is 24.1 Å². The minimum atomic E-state index is -5.48. The van der Waals surface area contributed by atoms with Crippen molar-refractivity contribution in [2.45, 2.75) is 192 Å². The van der Waals surface area contributed by atoms with Gasteiger partial charge in [0, 0.05) is 58.7 Å². The number of halogens is 25. The quantitative estimate of drug-likeness (QED) is 0.0245. The summed E-state index contributed by atoms with van der Waals surface area (Å²) in [5.74, 6) is -61.6. The van der Waals surface area contributed by atoms with Crippen molar-refractivity contribution in [3.63, 3.8) is 0 Å². The molecular weight excluding hydrogens is 1640 g/mol. The molecule has 1 aliphatic heterocycles. The maximum absolute atomic E-state index is 15.4. The maximum atomic E-state index is 15.4. The Bertz CT molecular complexity index is 3190. The van der Waals surface area contributed by atoms with Crippen molar-refractivity contribution in [3.05, 3.63) is 182 Å². The van der Waals surface area contributed by atoms with Crippen molar-refractivity contribution in [2.24, 2.45) is 0 Å². The molecule has 0 N–H and O–H groups in total. The van der Waals surface area contributed by atoms with E-state index in [2.05, 4.69) is 78.6 Å². The largest absolute Gasteiger partial charge is 4.00 e. The molecule has 103 heavy (non-hydrogen) atoms. The summed E-state index contributed by atoms with van der Waals surface area (Å²) in [6.45, 7) is 41.5. The molecule has 35 heteroatoms. The van der Waals surface area contributed by atoms with Gasteiger partial charge in [-0.05, 0) is 49.9 Å². The molecular formula is C68H84B2F25O2Si4Zr2+3. The first-order valence-electron chi connectivity index (χ1n) is 32.5. The number of unbranched alkanes of at least 4 members (excludes halogenated alkanes) is 1. The molecule has 0 bridgehead atoms. The summed E-state index contributed by atoms with van der Waals surface area (Å²) < 4.78 is 350.